The third kappa shape index (κ3) is 28.9. The minimum absolute atomic E-state index is 1.25. The standard InChI is InChI=1S/C34H26.C26H22.2C20H18.C18H16.C14H14.2C8H10/c1-23-17-24(2)19-27(18-23)28-20-29(33-15-7-11-25-9-3-5-13-31(25)33)22-30(21-28)34-16-8-12-26-10-4-6-14-32(26)34;1-19-13-20(2)15-23(14-19)26-17-24(21-9-5-3-6-10-21)16-25(18-26)22-11-7-4-8-12-22;1-15-11-16(2)13-20(12-15)19-10-6-9-18(14-19)17-7-4-3-5-8-17;1-15-12-16(2)14-20(13-15)19-10-8-18(9-11-19)17-6-4-3-5-7-17;1-13-10-14(2)12-16(11-13)18-9-5-7-15-6-3-4-8-17(15)18;1-11-8-12(2)10-14(9-11)13-6-4-3-5-7-13;1-7-3-5-8(2)6-4-7;1-7-4-3-5-8(2)6-7/h3-22H,1-2H3;3-18H,1-2H3;2*3-14H,1-2H3;3-12H,1-2H3;3-10H,1-2H3;2*3-6H,1-2H3. The first-order chi connectivity index (χ1) is 71.8. The molecule has 0 saturated heterocycles. The highest BCUT2D eigenvalue weighted by atomic mass is 14.2. The number of hydrogen-bond donors (Lipinski definition) is 0. The molecule has 0 aliphatic carbocycles. The molecule has 0 fully saturated rings. The number of hydrogen-bond acceptors (Lipinski definition) is 0. The van der Waals surface area contributed by atoms with E-state index >= 15 is 0 Å². The quantitative estimate of drug-likeness (QED) is 0.114. The van der Waals surface area contributed by atoms with Gasteiger partial charge < -0.3 is 0 Å². The van der Waals surface area contributed by atoms with Crippen LogP contribution in [-0.4, -0.2) is 0 Å². The Kier molecular flexibility index (Phi) is 35.3. The van der Waals surface area contributed by atoms with Crippen molar-refractivity contribution in [3.05, 3.63) is 611 Å². The van der Waals surface area contributed by atoms with Crippen molar-refractivity contribution in [3.8, 4) is 134 Å². The van der Waals surface area contributed by atoms with Gasteiger partial charge in [0.05, 0.1) is 0 Å². The normalized spacial score (nSPS) is 10.6. The van der Waals surface area contributed by atoms with E-state index in [0.29, 0.717) is 0 Å². The minimum atomic E-state index is 1.25. The van der Waals surface area contributed by atoms with Gasteiger partial charge >= 0.3 is 0 Å². The Morgan fingerprint density at radius 1 is 0.0811 bits per heavy atom. The summed E-state index contributed by atoms with van der Waals surface area (Å²) in [5, 5.41) is 7.73. The van der Waals surface area contributed by atoms with Crippen LogP contribution in [0.25, 0.3) is 166 Å². The summed E-state index contributed by atoms with van der Waals surface area (Å²) in [6.07, 6.45) is 0. The molecular formula is C148H134. The van der Waals surface area contributed by atoms with Gasteiger partial charge in [-0.15, -0.1) is 0 Å². The Balaban J connectivity index is 0.000000125. The van der Waals surface area contributed by atoms with Crippen LogP contribution in [0.1, 0.15) is 89.0 Å². The Morgan fingerprint density at radius 3 is 0.520 bits per heavy atom. The van der Waals surface area contributed by atoms with E-state index in [0.717, 1.165) is 0 Å². The summed E-state index contributed by atoms with van der Waals surface area (Å²) in [6.45, 7) is 34.3. The van der Waals surface area contributed by atoms with E-state index in [-0.39, 0.29) is 0 Å². The molecule has 23 rings (SSSR count). The summed E-state index contributed by atoms with van der Waals surface area (Å²) in [5.74, 6) is 0. The summed E-state index contributed by atoms with van der Waals surface area (Å²) in [7, 11) is 0. The number of aryl methyl sites for hydroxylation is 16. The molecule has 0 atom stereocenters. The highest BCUT2D eigenvalue weighted by Crippen LogP contribution is 2.41. The van der Waals surface area contributed by atoms with Crippen molar-refractivity contribution < 1.29 is 0 Å². The van der Waals surface area contributed by atoms with Crippen LogP contribution in [-0.2, 0) is 0 Å². The second-order valence-corrected chi connectivity index (χ2v) is 39.7. The maximum atomic E-state index is 2.36. The van der Waals surface area contributed by atoms with Gasteiger partial charge in [0.1, 0.15) is 0 Å². The average molecular weight is 1910 g/mol. The molecule has 0 aromatic heterocycles. The van der Waals surface area contributed by atoms with Crippen molar-refractivity contribution in [1.29, 1.82) is 0 Å². The fourth-order valence-corrected chi connectivity index (χ4v) is 19.8. The predicted octanol–water partition coefficient (Wildman–Crippen LogP) is 41.9. The Morgan fingerprint density at radius 2 is 0.236 bits per heavy atom. The highest BCUT2D eigenvalue weighted by molar-refractivity contribution is 6.02. The molecule has 148 heavy (non-hydrogen) atoms. The van der Waals surface area contributed by atoms with E-state index in [1.54, 1.807) is 0 Å². The van der Waals surface area contributed by atoms with Gasteiger partial charge in [-0.3, -0.25) is 0 Å². The first kappa shape index (κ1) is 104. The molecule has 0 heterocycles. The molecule has 0 aliphatic heterocycles. The average Bonchev–Trinajstić information content (AvgIpc) is 0.765. The Labute approximate surface area is 880 Å². The first-order valence-corrected chi connectivity index (χ1v) is 51.7. The van der Waals surface area contributed by atoms with E-state index in [1.165, 1.54) is 255 Å². The van der Waals surface area contributed by atoms with E-state index in [2.05, 4.69) is 620 Å². The molecule has 0 bridgehead atoms. The van der Waals surface area contributed by atoms with Crippen molar-refractivity contribution in [2.75, 3.05) is 0 Å². The largest absolute Gasteiger partial charge is 0.0622 e. The van der Waals surface area contributed by atoms with Crippen LogP contribution in [0.5, 0.6) is 0 Å². The molecule has 0 spiro atoms. The van der Waals surface area contributed by atoms with Crippen molar-refractivity contribution in [2.45, 2.75) is 111 Å². The van der Waals surface area contributed by atoms with Crippen LogP contribution in [0, 0.1) is 111 Å². The molecule has 726 valence electrons. The summed E-state index contributed by atoms with van der Waals surface area (Å²) in [4.78, 5) is 0. The Hall–Kier alpha value is -17.2. The van der Waals surface area contributed by atoms with Crippen LogP contribution in [0.15, 0.2) is 522 Å². The number of benzene rings is 23. The topological polar surface area (TPSA) is 0 Å². The van der Waals surface area contributed by atoms with Gasteiger partial charge in [-0.25, -0.2) is 0 Å². The lowest BCUT2D eigenvalue weighted by Crippen LogP contribution is -1.89. The van der Waals surface area contributed by atoms with E-state index < -0.39 is 0 Å². The fraction of sp³-hybridized carbons (Fsp3) is 0.108. The van der Waals surface area contributed by atoms with Crippen molar-refractivity contribution in [3.63, 3.8) is 0 Å². The first-order valence-electron chi connectivity index (χ1n) is 51.7. The van der Waals surface area contributed by atoms with Crippen LogP contribution in [0.4, 0.5) is 0 Å². The second kappa shape index (κ2) is 50.4. The van der Waals surface area contributed by atoms with Gasteiger partial charge in [0.25, 0.3) is 0 Å². The lowest BCUT2D eigenvalue weighted by molar-refractivity contribution is 1.38. The Bertz CT molecular complexity index is 8040. The van der Waals surface area contributed by atoms with Crippen molar-refractivity contribution in [2.24, 2.45) is 0 Å². The van der Waals surface area contributed by atoms with Crippen LogP contribution >= 0.6 is 0 Å². The molecule has 0 N–H and O–H groups in total. The number of fused-ring (bicyclic) bond motifs is 3. The number of rotatable bonds is 12. The van der Waals surface area contributed by atoms with Crippen molar-refractivity contribution in [1.82, 2.24) is 0 Å². The maximum Gasteiger partial charge on any atom is -0.0105 e. The molecule has 0 nitrogen and oxygen atoms in total. The lowest BCUT2D eigenvalue weighted by Gasteiger charge is -2.15. The molecule has 23 aromatic carbocycles. The summed E-state index contributed by atoms with van der Waals surface area (Å²) in [5.41, 5.74) is 51.5. The minimum Gasteiger partial charge on any atom is -0.0622 e. The molecule has 0 amide bonds. The lowest BCUT2D eigenvalue weighted by atomic mass is 9.89. The second-order valence-electron chi connectivity index (χ2n) is 39.7. The summed E-state index contributed by atoms with van der Waals surface area (Å²) in [6, 6.07) is 187. The predicted molar refractivity (Wildman–Crippen MR) is 645 cm³/mol. The molecular weight excluding hydrogens is 1780 g/mol. The van der Waals surface area contributed by atoms with Crippen LogP contribution in [0.3, 0.4) is 0 Å². The van der Waals surface area contributed by atoms with E-state index in [9.17, 15) is 0 Å². The zero-order chi connectivity index (χ0) is 103. The van der Waals surface area contributed by atoms with Crippen LogP contribution < -0.4 is 0 Å². The van der Waals surface area contributed by atoms with Gasteiger partial charge in [0.15, 0.2) is 0 Å². The van der Waals surface area contributed by atoms with Gasteiger partial charge in [-0.2, -0.15) is 0 Å². The van der Waals surface area contributed by atoms with Crippen LogP contribution in [0.2, 0.25) is 0 Å². The molecule has 0 aliphatic rings. The highest BCUT2D eigenvalue weighted by Gasteiger charge is 2.16. The fourth-order valence-electron chi connectivity index (χ4n) is 19.8. The zero-order valence-corrected chi connectivity index (χ0v) is 88.7. The van der Waals surface area contributed by atoms with Crippen molar-refractivity contribution >= 4 is 32.3 Å². The zero-order valence-electron chi connectivity index (χ0n) is 88.7. The molecule has 0 unspecified atom stereocenters. The SMILES string of the molecule is Cc1cc(C)cc(-c2cc(-c3cccc4ccccc34)cc(-c3cccc4ccccc34)c2)c1.Cc1cc(C)cc(-c2cc(-c3ccccc3)cc(-c3ccccc3)c2)c1.Cc1cc(C)cc(-c2ccc(-c3ccccc3)cc2)c1.Cc1cc(C)cc(-c2cccc(-c3ccccc3)c2)c1.Cc1cc(C)cc(-c2cccc3ccccc23)c1.Cc1cc(C)cc(-c2ccccc2)c1.Cc1ccc(C)cc1.Cc1cccc(C)c1. The maximum absolute atomic E-state index is 2.36. The summed E-state index contributed by atoms with van der Waals surface area (Å²) >= 11 is 0. The third-order valence-corrected chi connectivity index (χ3v) is 26.5. The molecule has 23 aromatic rings. The van der Waals surface area contributed by atoms with Gasteiger partial charge in [-0.1, -0.05) is 568 Å². The summed E-state index contributed by atoms with van der Waals surface area (Å²) < 4.78 is 0. The van der Waals surface area contributed by atoms with E-state index in [4.69, 9.17) is 0 Å². The molecule has 0 radical (unpaired) electrons. The van der Waals surface area contributed by atoms with Gasteiger partial charge in [0.2, 0.25) is 0 Å². The monoisotopic (exact) mass is 1910 g/mol. The smallest absolute Gasteiger partial charge is 0.0105 e. The molecule has 0 heteroatoms. The van der Waals surface area contributed by atoms with Gasteiger partial charge in [-0.05, 0) is 319 Å². The molecule has 0 saturated carbocycles. The van der Waals surface area contributed by atoms with E-state index in [1.807, 2.05) is 12.1 Å². The third-order valence-electron chi connectivity index (χ3n) is 26.5. The van der Waals surface area contributed by atoms with Gasteiger partial charge in [0, 0.05) is 0 Å².